The number of hydrogen-bond donors (Lipinski definition) is 0. The number of hydrogen-bond acceptors (Lipinski definition) is 5. The molecule has 0 aliphatic carbocycles. The van der Waals surface area contributed by atoms with Crippen molar-refractivity contribution in [1.82, 2.24) is 9.80 Å². The first-order valence-electron chi connectivity index (χ1n) is 14.0. The fourth-order valence-electron chi connectivity index (χ4n) is 5.47. The number of amides is 2. The summed E-state index contributed by atoms with van der Waals surface area (Å²) in [5, 5.41) is 0. The molecule has 214 valence electrons. The van der Waals surface area contributed by atoms with Crippen LogP contribution in [0.4, 0.5) is 4.79 Å². The van der Waals surface area contributed by atoms with E-state index in [4.69, 9.17) is 9.47 Å². The van der Waals surface area contributed by atoms with Crippen LogP contribution in [0, 0.1) is 16.7 Å². The number of esters is 1. The Morgan fingerprint density at radius 3 is 2.46 bits per heavy atom. The largest absolute Gasteiger partial charge is 0.465 e. The van der Waals surface area contributed by atoms with E-state index in [-0.39, 0.29) is 48.6 Å². The van der Waals surface area contributed by atoms with Crippen LogP contribution in [0.15, 0.2) is 43.5 Å². The molecule has 1 fully saturated rings. The molecule has 0 bridgehead atoms. The quantitative estimate of drug-likeness (QED) is 0.268. The van der Waals surface area contributed by atoms with E-state index in [0.717, 1.165) is 18.4 Å². The molecule has 3 atom stereocenters. The van der Waals surface area contributed by atoms with Crippen LogP contribution in [0.1, 0.15) is 77.5 Å². The van der Waals surface area contributed by atoms with Crippen molar-refractivity contribution in [2.24, 2.45) is 16.7 Å². The smallest absolute Gasteiger partial charge is 0.410 e. The van der Waals surface area contributed by atoms with Gasteiger partial charge in [0, 0.05) is 31.0 Å². The number of rotatable bonds is 10. The summed E-state index contributed by atoms with van der Waals surface area (Å²) in [7, 11) is 0. The number of benzene rings is 1. The van der Waals surface area contributed by atoms with Crippen molar-refractivity contribution in [2.45, 2.75) is 92.5 Å². The maximum absolute atomic E-state index is 13.7. The minimum Gasteiger partial charge on any atom is -0.465 e. The normalized spacial score (nSPS) is 19.8. The Bertz CT molecular complexity index is 1090. The summed E-state index contributed by atoms with van der Waals surface area (Å²) in [6.45, 7) is 21.1. The van der Waals surface area contributed by atoms with Crippen LogP contribution in [0.3, 0.4) is 0 Å². The van der Waals surface area contributed by atoms with Crippen LogP contribution >= 0.6 is 0 Å². The molecule has 2 aliphatic heterocycles. The lowest BCUT2D eigenvalue weighted by molar-refractivity contribution is -0.154. The molecule has 3 rings (SSSR count). The van der Waals surface area contributed by atoms with Crippen LogP contribution in [-0.2, 0) is 38.6 Å². The van der Waals surface area contributed by atoms with Gasteiger partial charge in [0.25, 0.3) is 0 Å². The zero-order valence-electron chi connectivity index (χ0n) is 24.6. The molecule has 2 aliphatic rings. The maximum atomic E-state index is 13.7. The van der Waals surface area contributed by atoms with Gasteiger partial charge in [-0.05, 0) is 41.9 Å². The molecule has 1 aromatic rings. The molecule has 0 aromatic heterocycles. The highest BCUT2D eigenvalue weighted by Gasteiger charge is 2.43. The van der Waals surface area contributed by atoms with Crippen molar-refractivity contribution in [1.29, 1.82) is 0 Å². The molecular weight excluding hydrogens is 492 g/mol. The molecule has 1 saturated heterocycles. The summed E-state index contributed by atoms with van der Waals surface area (Å²) in [6, 6.07) is 6.03. The first-order chi connectivity index (χ1) is 18.3. The summed E-state index contributed by atoms with van der Waals surface area (Å²) in [6.07, 6.45) is 5.01. The third-order valence-corrected chi connectivity index (χ3v) is 7.82. The van der Waals surface area contributed by atoms with Crippen LogP contribution in [0.2, 0.25) is 0 Å². The van der Waals surface area contributed by atoms with Crippen molar-refractivity contribution in [2.75, 3.05) is 13.2 Å². The number of carbonyl (C=O) groups is 3. The van der Waals surface area contributed by atoms with Crippen molar-refractivity contribution >= 4 is 18.0 Å². The second-order valence-electron chi connectivity index (χ2n) is 12.9. The number of likely N-dealkylation sites (tertiary alicyclic amines) is 1. The van der Waals surface area contributed by atoms with Gasteiger partial charge in [0.05, 0.1) is 25.5 Å². The number of nitrogens with zero attached hydrogens (tertiary/aromatic N) is 2. The lowest BCUT2D eigenvalue weighted by Gasteiger charge is -2.34. The van der Waals surface area contributed by atoms with E-state index in [1.165, 1.54) is 11.1 Å². The predicted molar refractivity (Wildman–Crippen MR) is 153 cm³/mol. The topological polar surface area (TPSA) is 76.2 Å². The molecule has 0 N–H and O–H groups in total. The lowest BCUT2D eigenvalue weighted by atomic mass is 9.77. The fourth-order valence-corrected chi connectivity index (χ4v) is 5.47. The van der Waals surface area contributed by atoms with E-state index in [9.17, 15) is 14.4 Å². The van der Waals surface area contributed by atoms with E-state index in [1.54, 1.807) is 9.80 Å². The number of allylic oxidation sites excluding steroid dienone is 2. The van der Waals surface area contributed by atoms with Crippen LogP contribution in [0.5, 0.6) is 0 Å². The lowest BCUT2D eigenvalue weighted by Crippen LogP contribution is -2.44. The van der Waals surface area contributed by atoms with Crippen molar-refractivity contribution in [3.63, 3.8) is 0 Å². The highest BCUT2D eigenvalue weighted by Crippen LogP contribution is 2.35. The molecular formula is C32H46N2O5. The summed E-state index contributed by atoms with van der Waals surface area (Å²) in [5.41, 5.74) is 2.84. The zero-order chi connectivity index (χ0) is 29.0. The van der Waals surface area contributed by atoms with Crippen LogP contribution in [-0.4, -0.2) is 53.1 Å². The maximum Gasteiger partial charge on any atom is 0.410 e. The highest BCUT2D eigenvalue weighted by atomic mass is 16.6. The minimum absolute atomic E-state index is 0.0132. The Balaban J connectivity index is 1.60. The van der Waals surface area contributed by atoms with Gasteiger partial charge in [-0.2, -0.15) is 0 Å². The first-order valence-corrected chi connectivity index (χ1v) is 14.0. The van der Waals surface area contributed by atoms with Gasteiger partial charge >= 0.3 is 12.1 Å². The SMILES string of the molecule is C=CCc1cccc2c1CN(C(=O)O[C@@H]1C[C@@H](C)N(C(=O)[C@@H](CC(=O)OCC(C)(C)CC=C)C(C)(C)C)C1)C2. The van der Waals surface area contributed by atoms with Gasteiger partial charge in [-0.3, -0.25) is 14.5 Å². The molecule has 7 nitrogen and oxygen atoms in total. The van der Waals surface area contributed by atoms with E-state index < -0.39 is 11.3 Å². The van der Waals surface area contributed by atoms with E-state index in [1.807, 2.05) is 65.8 Å². The molecule has 7 heteroatoms. The number of carbonyl (C=O) groups excluding carboxylic acids is 3. The molecule has 0 saturated carbocycles. The fraction of sp³-hybridized carbons (Fsp3) is 0.594. The molecule has 0 radical (unpaired) electrons. The van der Waals surface area contributed by atoms with Crippen molar-refractivity contribution < 1.29 is 23.9 Å². The second-order valence-corrected chi connectivity index (χ2v) is 12.9. The van der Waals surface area contributed by atoms with Crippen LogP contribution in [0.25, 0.3) is 0 Å². The van der Waals surface area contributed by atoms with Crippen LogP contribution < -0.4 is 0 Å². The molecule has 1 aromatic carbocycles. The minimum atomic E-state index is -0.541. The predicted octanol–water partition coefficient (Wildman–Crippen LogP) is 6.05. The molecule has 0 unspecified atom stereocenters. The Morgan fingerprint density at radius 2 is 1.82 bits per heavy atom. The van der Waals surface area contributed by atoms with Gasteiger partial charge in [0.2, 0.25) is 5.91 Å². The van der Waals surface area contributed by atoms with Gasteiger partial charge in [0.15, 0.2) is 0 Å². The second kappa shape index (κ2) is 12.4. The summed E-state index contributed by atoms with van der Waals surface area (Å²) >= 11 is 0. The van der Waals surface area contributed by atoms with Gasteiger partial charge in [-0.25, -0.2) is 4.79 Å². The highest BCUT2D eigenvalue weighted by molar-refractivity contribution is 5.85. The molecule has 2 amide bonds. The average molecular weight is 539 g/mol. The standard InChI is InChI=1S/C32H46N2O5/c1-9-12-23-13-11-14-24-18-33(20-26(23)24)30(37)39-25-16-22(3)34(19-25)29(36)27(31(4,5)6)17-28(35)38-21-32(7,8)15-10-2/h9-11,13-14,22,25,27H,1-2,12,15-21H2,3-8H3/t22-,25-,27-/m1/s1. The zero-order valence-corrected chi connectivity index (χ0v) is 24.6. The monoisotopic (exact) mass is 538 g/mol. The van der Waals surface area contributed by atoms with E-state index in [0.29, 0.717) is 26.1 Å². The first kappa shape index (κ1) is 30.5. The van der Waals surface area contributed by atoms with Gasteiger partial charge < -0.3 is 14.4 Å². The molecule has 0 spiro atoms. The van der Waals surface area contributed by atoms with Crippen molar-refractivity contribution in [3.05, 3.63) is 60.2 Å². The Hall–Kier alpha value is -3.09. The van der Waals surface area contributed by atoms with E-state index in [2.05, 4.69) is 19.2 Å². The van der Waals surface area contributed by atoms with E-state index >= 15 is 0 Å². The Labute approximate surface area is 234 Å². The van der Waals surface area contributed by atoms with Gasteiger partial charge in [-0.15, -0.1) is 13.2 Å². The summed E-state index contributed by atoms with van der Waals surface area (Å²) < 4.78 is 11.5. The summed E-state index contributed by atoms with van der Waals surface area (Å²) in [4.78, 5) is 43.0. The summed E-state index contributed by atoms with van der Waals surface area (Å²) in [5.74, 6) is -1.01. The third kappa shape index (κ3) is 7.74. The Morgan fingerprint density at radius 1 is 1.10 bits per heavy atom. The third-order valence-electron chi connectivity index (χ3n) is 7.82. The number of ether oxygens (including phenoxy) is 2. The number of fused-ring (bicyclic) bond motifs is 1. The molecule has 2 heterocycles. The van der Waals surface area contributed by atoms with Crippen molar-refractivity contribution in [3.8, 4) is 0 Å². The van der Waals surface area contributed by atoms with Gasteiger partial charge in [-0.1, -0.05) is 65.0 Å². The average Bonchev–Trinajstić information content (AvgIpc) is 3.44. The Kier molecular flexibility index (Phi) is 9.68. The van der Waals surface area contributed by atoms with Gasteiger partial charge in [0.1, 0.15) is 6.10 Å². The molecule has 39 heavy (non-hydrogen) atoms.